The van der Waals surface area contributed by atoms with E-state index in [1.807, 2.05) is 43.3 Å². The first kappa shape index (κ1) is 19.4. The molecule has 5 nitrogen and oxygen atoms in total. The molecule has 4 rings (SSSR count). The highest BCUT2D eigenvalue weighted by Gasteiger charge is 2.22. The molecule has 2 heterocycles. The number of carbonyl (C=O) groups excluding carboxylic acids is 1. The fourth-order valence-corrected chi connectivity index (χ4v) is 4.10. The molecule has 0 aliphatic carbocycles. The Morgan fingerprint density at radius 2 is 1.69 bits per heavy atom. The van der Waals surface area contributed by atoms with E-state index in [9.17, 15) is 9.59 Å². The normalized spacial score (nSPS) is 14.8. The SMILES string of the molecule is Cc1ccc(-c2c(C(=O)NCC[NH+]3CCCCC3)oc(=O)c3ccccc23)cc1. The quantitative estimate of drug-likeness (QED) is 0.703. The molecule has 1 saturated heterocycles. The largest absolute Gasteiger partial charge is 0.416 e. The van der Waals surface area contributed by atoms with Gasteiger partial charge in [-0.1, -0.05) is 48.0 Å². The van der Waals surface area contributed by atoms with E-state index >= 15 is 0 Å². The van der Waals surface area contributed by atoms with E-state index in [-0.39, 0.29) is 11.7 Å². The molecule has 5 heteroatoms. The van der Waals surface area contributed by atoms with Gasteiger partial charge in [-0.05, 0) is 37.8 Å². The molecule has 2 N–H and O–H groups in total. The second kappa shape index (κ2) is 8.62. The molecule has 1 amide bonds. The molecule has 0 spiro atoms. The molecule has 3 aromatic rings. The van der Waals surface area contributed by atoms with Crippen molar-refractivity contribution in [1.29, 1.82) is 0 Å². The molecule has 1 aliphatic rings. The van der Waals surface area contributed by atoms with Gasteiger partial charge >= 0.3 is 5.63 Å². The maximum Gasteiger partial charge on any atom is 0.344 e. The summed E-state index contributed by atoms with van der Waals surface area (Å²) < 4.78 is 5.54. The van der Waals surface area contributed by atoms with Crippen molar-refractivity contribution in [2.45, 2.75) is 26.2 Å². The second-order valence-electron chi connectivity index (χ2n) is 7.82. The fourth-order valence-electron chi connectivity index (χ4n) is 4.10. The van der Waals surface area contributed by atoms with Crippen LogP contribution >= 0.6 is 0 Å². The number of fused-ring (bicyclic) bond motifs is 1. The molecular weight excluding hydrogens is 364 g/mol. The summed E-state index contributed by atoms with van der Waals surface area (Å²) in [5.41, 5.74) is 2.18. The van der Waals surface area contributed by atoms with E-state index in [0.29, 0.717) is 17.5 Å². The number of quaternary nitrogens is 1. The molecule has 0 unspecified atom stereocenters. The Kier molecular flexibility index (Phi) is 5.76. The lowest BCUT2D eigenvalue weighted by Gasteiger charge is -2.23. The number of aryl methyl sites for hydroxylation is 1. The highest BCUT2D eigenvalue weighted by molar-refractivity contribution is 6.07. The van der Waals surface area contributed by atoms with E-state index in [1.165, 1.54) is 24.2 Å². The van der Waals surface area contributed by atoms with Crippen LogP contribution in [0.4, 0.5) is 0 Å². The molecule has 150 valence electrons. The Labute approximate surface area is 170 Å². The third kappa shape index (κ3) is 4.25. The molecule has 1 aromatic heterocycles. The molecule has 0 bridgehead atoms. The predicted molar refractivity (Wildman–Crippen MR) is 114 cm³/mol. The number of hydrogen-bond acceptors (Lipinski definition) is 3. The predicted octanol–water partition coefficient (Wildman–Crippen LogP) is 2.57. The van der Waals surface area contributed by atoms with Crippen LogP contribution in [-0.4, -0.2) is 32.1 Å². The van der Waals surface area contributed by atoms with Gasteiger partial charge in [-0.25, -0.2) is 4.79 Å². The monoisotopic (exact) mass is 391 g/mol. The first-order valence-electron chi connectivity index (χ1n) is 10.4. The van der Waals surface area contributed by atoms with Gasteiger partial charge in [0.15, 0.2) is 0 Å². The van der Waals surface area contributed by atoms with Crippen molar-refractivity contribution >= 4 is 16.7 Å². The van der Waals surface area contributed by atoms with Crippen molar-refractivity contribution in [3.63, 3.8) is 0 Å². The molecule has 2 aromatic carbocycles. The minimum atomic E-state index is -0.483. The molecule has 1 fully saturated rings. The highest BCUT2D eigenvalue weighted by atomic mass is 16.4. The average Bonchev–Trinajstić information content (AvgIpc) is 2.75. The maximum absolute atomic E-state index is 13.0. The van der Waals surface area contributed by atoms with Crippen LogP contribution in [0.2, 0.25) is 0 Å². The van der Waals surface area contributed by atoms with Crippen molar-refractivity contribution in [3.8, 4) is 11.1 Å². The van der Waals surface area contributed by atoms with Gasteiger partial charge in [-0.15, -0.1) is 0 Å². The number of carbonyl (C=O) groups is 1. The Morgan fingerprint density at radius 3 is 2.41 bits per heavy atom. The number of rotatable bonds is 5. The molecule has 0 atom stereocenters. The first-order valence-corrected chi connectivity index (χ1v) is 10.4. The summed E-state index contributed by atoms with van der Waals surface area (Å²) in [5, 5.41) is 4.19. The zero-order valence-corrected chi connectivity index (χ0v) is 16.8. The molecule has 1 aliphatic heterocycles. The number of benzene rings is 2. The van der Waals surface area contributed by atoms with Crippen molar-refractivity contribution in [2.75, 3.05) is 26.2 Å². The summed E-state index contributed by atoms with van der Waals surface area (Å²) in [6.07, 6.45) is 3.80. The third-order valence-electron chi connectivity index (χ3n) is 5.71. The standard InChI is InChI=1S/C24H26N2O3/c1-17-9-11-18(12-10-17)21-19-7-3-4-8-20(19)24(28)29-22(21)23(27)25-13-16-26-14-5-2-6-15-26/h3-4,7-12H,2,5-6,13-16H2,1H3,(H,25,27)/p+1. The van der Waals surface area contributed by atoms with Crippen LogP contribution in [0.1, 0.15) is 35.4 Å². The van der Waals surface area contributed by atoms with Crippen LogP contribution in [0.5, 0.6) is 0 Å². The number of hydrogen-bond donors (Lipinski definition) is 2. The minimum absolute atomic E-state index is 0.0891. The fraction of sp³-hybridized carbons (Fsp3) is 0.333. The average molecular weight is 391 g/mol. The van der Waals surface area contributed by atoms with Crippen LogP contribution in [-0.2, 0) is 0 Å². The zero-order chi connectivity index (χ0) is 20.2. The van der Waals surface area contributed by atoms with Gasteiger partial charge in [0.25, 0.3) is 5.91 Å². The summed E-state index contributed by atoms with van der Waals surface area (Å²) in [4.78, 5) is 27.0. The van der Waals surface area contributed by atoms with E-state index in [1.54, 1.807) is 12.1 Å². The molecule has 29 heavy (non-hydrogen) atoms. The van der Waals surface area contributed by atoms with Crippen LogP contribution in [0.25, 0.3) is 21.9 Å². The van der Waals surface area contributed by atoms with Crippen molar-refractivity contribution < 1.29 is 14.1 Å². The molecule has 0 saturated carbocycles. The molecule has 0 radical (unpaired) electrons. The van der Waals surface area contributed by atoms with Gasteiger partial charge in [-0.2, -0.15) is 0 Å². The third-order valence-corrected chi connectivity index (χ3v) is 5.71. The lowest BCUT2D eigenvalue weighted by Crippen LogP contribution is -3.13. The lowest BCUT2D eigenvalue weighted by molar-refractivity contribution is -0.903. The van der Waals surface area contributed by atoms with Crippen LogP contribution in [0.15, 0.2) is 57.7 Å². The summed E-state index contributed by atoms with van der Waals surface area (Å²) in [6.45, 7) is 5.80. The Bertz CT molecular complexity index is 1060. The number of piperidine rings is 1. The topological polar surface area (TPSA) is 63.8 Å². The van der Waals surface area contributed by atoms with E-state index in [4.69, 9.17) is 4.42 Å². The Balaban J connectivity index is 1.67. The van der Waals surface area contributed by atoms with E-state index < -0.39 is 5.63 Å². The van der Waals surface area contributed by atoms with Gasteiger partial charge in [0, 0.05) is 10.9 Å². The maximum atomic E-state index is 13.0. The van der Waals surface area contributed by atoms with Crippen molar-refractivity contribution in [3.05, 3.63) is 70.3 Å². The summed E-state index contributed by atoms with van der Waals surface area (Å²) in [5.74, 6) is -0.244. The smallest absolute Gasteiger partial charge is 0.344 e. The summed E-state index contributed by atoms with van der Waals surface area (Å²) >= 11 is 0. The van der Waals surface area contributed by atoms with Crippen molar-refractivity contribution in [2.24, 2.45) is 0 Å². The van der Waals surface area contributed by atoms with Crippen LogP contribution in [0, 0.1) is 6.92 Å². The Hall–Kier alpha value is -2.92. The summed E-state index contributed by atoms with van der Waals surface area (Å²) in [7, 11) is 0. The van der Waals surface area contributed by atoms with E-state index in [2.05, 4.69) is 5.32 Å². The zero-order valence-electron chi connectivity index (χ0n) is 16.8. The van der Waals surface area contributed by atoms with Gasteiger partial charge in [-0.3, -0.25) is 4.79 Å². The van der Waals surface area contributed by atoms with Gasteiger partial charge < -0.3 is 14.6 Å². The van der Waals surface area contributed by atoms with Crippen LogP contribution in [0.3, 0.4) is 0 Å². The molecular formula is C24H27N2O3+. The number of amides is 1. The number of nitrogens with one attached hydrogen (secondary N) is 2. The minimum Gasteiger partial charge on any atom is -0.416 e. The van der Waals surface area contributed by atoms with E-state index in [0.717, 1.165) is 36.1 Å². The number of likely N-dealkylation sites (tertiary alicyclic amines) is 1. The van der Waals surface area contributed by atoms with Gasteiger partial charge in [0.1, 0.15) is 0 Å². The van der Waals surface area contributed by atoms with Crippen LogP contribution < -0.4 is 15.8 Å². The Morgan fingerprint density at radius 1 is 1.00 bits per heavy atom. The second-order valence-corrected chi connectivity index (χ2v) is 7.82. The van der Waals surface area contributed by atoms with Gasteiger partial charge in [0.2, 0.25) is 5.76 Å². The lowest BCUT2D eigenvalue weighted by atomic mass is 9.97. The van der Waals surface area contributed by atoms with Crippen molar-refractivity contribution in [1.82, 2.24) is 5.32 Å². The summed E-state index contributed by atoms with van der Waals surface area (Å²) in [6, 6.07) is 15.2. The van der Waals surface area contributed by atoms with Gasteiger partial charge in [0.05, 0.1) is 31.6 Å². The highest BCUT2D eigenvalue weighted by Crippen LogP contribution is 2.30. The first-order chi connectivity index (χ1) is 14.1.